The Bertz CT molecular complexity index is 1160. The first-order valence-corrected chi connectivity index (χ1v) is 12.8. The molecule has 2 atom stereocenters. The number of hydrogen-bond acceptors (Lipinski definition) is 5. The lowest BCUT2D eigenvalue weighted by atomic mass is 10.0. The normalized spacial score (nSPS) is 12.6. The highest BCUT2D eigenvalue weighted by molar-refractivity contribution is 5.89. The molecule has 0 bridgehead atoms. The van der Waals surface area contributed by atoms with Gasteiger partial charge in [0.1, 0.15) is 24.3 Å². The van der Waals surface area contributed by atoms with Gasteiger partial charge in [-0.15, -0.1) is 0 Å². The summed E-state index contributed by atoms with van der Waals surface area (Å²) in [5.41, 5.74) is 2.02. The van der Waals surface area contributed by atoms with Gasteiger partial charge in [-0.05, 0) is 50.3 Å². The van der Waals surface area contributed by atoms with Gasteiger partial charge in [-0.3, -0.25) is 4.79 Å². The quantitative estimate of drug-likeness (QED) is 0.351. The first-order valence-electron chi connectivity index (χ1n) is 12.8. The summed E-state index contributed by atoms with van der Waals surface area (Å²) in [6, 6.07) is 26.6. The number of nitrogens with one attached hydrogen (secondary N) is 2. The first-order chi connectivity index (χ1) is 18.2. The van der Waals surface area contributed by atoms with Crippen LogP contribution in [0.1, 0.15) is 43.9 Å². The summed E-state index contributed by atoms with van der Waals surface area (Å²) in [5, 5.41) is 5.51. The molecule has 0 radical (unpaired) electrons. The number of benzene rings is 3. The Kier molecular flexibility index (Phi) is 10.5. The molecule has 3 rings (SSSR count). The fraction of sp³-hybridized carbons (Fsp3) is 0.323. The number of carbonyl (C=O) groups excluding carboxylic acids is 3. The van der Waals surface area contributed by atoms with E-state index in [0.29, 0.717) is 12.8 Å². The third-order valence-corrected chi connectivity index (χ3v) is 5.68. The van der Waals surface area contributed by atoms with Crippen molar-refractivity contribution in [3.8, 4) is 0 Å². The van der Waals surface area contributed by atoms with E-state index in [1.807, 2.05) is 91.0 Å². The van der Waals surface area contributed by atoms with E-state index in [0.717, 1.165) is 16.7 Å². The van der Waals surface area contributed by atoms with Crippen LogP contribution in [0, 0.1) is 0 Å². The lowest BCUT2D eigenvalue weighted by Gasteiger charge is -2.25. The number of ether oxygens (including phenoxy) is 2. The van der Waals surface area contributed by atoms with Crippen molar-refractivity contribution in [1.29, 1.82) is 0 Å². The van der Waals surface area contributed by atoms with Crippen molar-refractivity contribution >= 4 is 18.0 Å². The minimum Gasteiger partial charge on any atom is -0.459 e. The Morgan fingerprint density at radius 1 is 0.711 bits per heavy atom. The summed E-state index contributed by atoms with van der Waals surface area (Å²) >= 11 is 0. The summed E-state index contributed by atoms with van der Waals surface area (Å²) in [7, 11) is 0. The number of aryl methyl sites for hydroxylation is 1. The second-order valence-electron chi connectivity index (χ2n) is 10.1. The summed E-state index contributed by atoms with van der Waals surface area (Å²) < 4.78 is 10.9. The third kappa shape index (κ3) is 10.1. The molecule has 200 valence electrons. The smallest absolute Gasteiger partial charge is 0.408 e. The molecule has 0 fully saturated rings. The van der Waals surface area contributed by atoms with Gasteiger partial charge in [-0.1, -0.05) is 91.0 Å². The maximum Gasteiger partial charge on any atom is 0.408 e. The van der Waals surface area contributed by atoms with Crippen LogP contribution in [0.4, 0.5) is 4.79 Å². The maximum absolute atomic E-state index is 13.5. The van der Waals surface area contributed by atoms with Crippen molar-refractivity contribution < 1.29 is 23.9 Å². The number of alkyl carbamates (subject to hydrolysis) is 1. The van der Waals surface area contributed by atoms with Crippen LogP contribution in [0.5, 0.6) is 0 Å². The Balaban J connectivity index is 1.74. The number of carbonyl (C=O) groups is 3. The van der Waals surface area contributed by atoms with Crippen molar-refractivity contribution in [1.82, 2.24) is 10.6 Å². The molecule has 38 heavy (non-hydrogen) atoms. The van der Waals surface area contributed by atoms with Crippen molar-refractivity contribution in [2.45, 2.75) is 64.3 Å². The van der Waals surface area contributed by atoms with Crippen molar-refractivity contribution in [3.05, 3.63) is 108 Å². The molecule has 3 aromatic carbocycles. The lowest BCUT2D eigenvalue weighted by molar-refractivity contribution is -0.149. The highest BCUT2D eigenvalue weighted by Gasteiger charge is 2.29. The lowest BCUT2D eigenvalue weighted by Crippen LogP contribution is -2.53. The van der Waals surface area contributed by atoms with Crippen LogP contribution in [0.15, 0.2) is 91.0 Å². The summed E-state index contributed by atoms with van der Waals surface area (Å²) in [5.74, 6) is -1.03. The summed E-state index contributed by atoms with van der Waals surface area (Å²) in [4.78, 5) is 39.1. The number of amides is 2. The van der Waals surface area contributed by atoms with Crippen molar-refractivity contribution in [2.24, 2.45) is 0 Å². The van der Waals surface area contributed by atoms with Gasteiger partial charge in [0.2, 0.25) is 5.91 Å². The van der Waals surface area contributed by atoms with Crippen LogP contribution < -0.4 is 10.6 Å². The molecule has 0 unspecified atom stereocenters. The van der Waals surface area contributed by atoms with Gasteiger partial charge in [0.15, 0.2) is 0 Å². The van der Waals surface area contributed by atoms with Crippen molar-refractivity contribution in [3.63, 3.8) is 0 Å². The van der Waals surface area contributed by atoms with Crippen LogP contribution in [-0.2, 0) is 38.5 Å². The molecule has 0 spiro atoms. The standard InChI is InChI=1S/C31H36N2O5/c1-31(2,3)38-30(36)33-26(20-19-23-13-7-4-8-14-23)28(34)32-27(21-24-15-9-5-10-16-24)29(35)37-22-25-17-11-6-12-18-25/h4-18,26-27H,19-22H2,1-3H3,(H,32,34)(H,33,36)/t26-,27+/m1/s1. The third-order valence-electron chi connectivity index (χ3n) is 5.68. The molecular formula is C31H36N2O5. The van der Waals surface area contributed by atoms with Crippen LogP contribution in [0.25, 0.3) is 0 Å². The summed E-state index contributed by atoms with van der Waals surface area (Å²) in [6.45, 7) is 5.35. The molecule has 0 aromatic heterocycles. The molecule has 2 amide bonds. The zero-order valence-electron chi connectivity index (χ0n) is 22.2. The molecule has 0 heterocycles. The van der Waals surface area contributed by atoms with E-state index in [4.69, 9.17) is 9.47 Å². The number of hydrogen-bond donors (Lipinski definition) is 2. The predicted octanol–water partition coefficient (Wildman–Crippen LogP) is 4.98. The topological polar surface area (TPSA) is 93.7 Å². The molecule has 3 aromatic rings. The number of esters is 1. The fourth-order valence-electron chi connectivity index (χ4n) is 3.82. The van der Waals surface area contributed by atoms with Crippen LogP contribution in [0.3, 0.4) is 0 Å². The molecule has 0 aliphatic rings. The molecular weight excluding hydrogens is 480 g/mol. The van der Waals surface area contributed by atoms with Gasteiger partial charge in [-0.2, -0.15) is 0 Å². The molecule has 7 nitrogen and oxygen atoms in total. The van der Waals surface area contributed by atoms with E-state index in [1.165, 1.54) is 0 Å². The van der Waals surface area contributed by atoms with Gasteiger partial charge in [0, 0.05) is 6.42 Å². The van der Waals surface area contributed by atoms with Crippen LogP contribution in [0.2, 0.25) is 0 Å². The molecule has 0 aliphatic heterocycles. The zero-order chi connectivity index (χ0) is 27.4. The van der Waals surface area contributed by atoms with E-state index in [1.54, 1.807) is 20.8 Å². The van der Waals surface area contributed by atoms with Gasteiger partial charge in [-0.25, -0.2) is 9.59 Å². The predicted molar refractivity (Wildman–Crippen MR) is 146 cm³/mol. The zero-order valence-corrected chi connectivity index (χ0v) is 22.2. The largest absolute Gasteiger partial charge is 0.459 e. The second-order valence-corrected chi connectivity index (χ2v) is 10.1. The second kappa shape index (κ2) is 14.0. The molecule has 7 heteroatoms. The van der Waals surface area contributed by atoms with E-state index in [-0.39, 0.29) is 13.0 Å². The average molecular weight is 517 g/mol. The Morgan fingerprint density at radius 3 is 1.79 bits per heavy atom. The Labute approximate surface area is 224 Å². The molecule has 0 aliphatic carbocycles. The van der Waals surface area contributed by atoms with Gasteiger partial charge < -0.3 is 20.1 Å². The molecule has 0 saturated carbocycles. The van der Waals surface area contributed by atoms with Crippen LogP contribution in [-0.4, -0.2) is 35.7 Å². The molecule has 2 N–H and O–H groups in total. The summed E-state index contributed by atoms with van der Waals surface area (Å²) in [6.07, 6.45) is 0.429. The van der Waals surface area contributed by atoms with Gasteiger partial charge in [0.25, 0.3) is 0 Å². The average Bonchev–Trinajstić information content (AvgIpc) is 2.90. The Hall–Kier alpha value is -4.13. The molecule has 0 saturated heterocycles. The van der Waals surface area contributed by atoms with Crippen molar-refractivity contribution in [2.75, 3.05) is 0 Å². The monoisotopic (exact) mass is 516 g/mol. The van der Waals surface area contributed by atoms with E-state index in [2.05, 4.69) is 10.6 Å². The fourth-order valence-corrected chi connectivity index (χ4v) is 3.82. The maximum atomic E-state index is 13.5. The Morgan fingerprint density at radius 2 is 1.24 bits per heavy atom. The number of rotatable bonds is 11. The van der Waals surface area contributed by atoms with E-state index >= 15 is 0 Å². The van der Waals surface area contributed by atoms with Gasteiger partial charge in [0.05, 0.1) is 0 Å². The minimum absolute atomic E-state index is 0.0917. The minimum atomic E-state index is -0.937. The van der Waals surface area contributed by atoms with E-state index in [9.17, 15) is 14.4 Å². The van der Waals surface area contributed by atoms with Gasteiger partial charge >= 0.3 is 12.1 Å². The highest BCUT2D eigenvalue weighted by Crippen LogP contribution is 2.12. The highest BCUT2D eigenvalue weighted by atomic mass is 16.6. The van der Waals surface area contributed by atoms with Crippen LogP contribution >= 0.6 is 0 Å². The SMILES string of the molecule is CC(C)(C)OC(=O)N[C@H](CCc1ccccc1)C(=O)N[C@@H](Cc1ccccc1)C(=O)OCc1ccccc1. The van der Waals surface area contributed by atoms with E-state index < -0.39 is 35.7 Å². The first kappa shape index (κ1) is 28.4.